The lowest BCUT2D eigenvalue weighted by Crippen LogP contribution is -2.35. The Hall–Kier alpha value is -1.36. The Morgan fingerprint density at radius 3 is 2.89 bits per heavy atom. The fourth-order valence-corrected chi connectivity index (χ4v) is 2.61. The van der Waals surface area contributed by atoms with Gasteiger partial charge in [-0.05, 0) is 26.7 Å². The molecular formula is C14H23N3O2. The summed E-state index contributed by atoms with van der Waals surface area (Å²) in [5, 5.41) is 12.8. The van der Waals surface area contributed by atoms with Gasteiger partial charge in [0, 0.05) is 30.3 Å². The van der Waals surface area contributed by atoms with Gasteiger partial charge in [-0.25, -0.2) is 4.98 Å². The van der Waals surface area contributed by atoms with E-state index in [1.54, 1.807) is 0 Å². The van der Waals surface area contributed by atoms with E-state index in [9.17, 15) is 5.11 Å². The number of rotatable bonds is 5. The quantitative estimate of drug-likeness (QED) is 0.854. The molecule has 1 aromatic heterocycles. The number of ether oxygens (including phenoxy) is 1. The van der Waals surface area contributed by atoms with Gasteiger partial charge < -0.3 is 15.2 Å². The second-order valence-electron chi connectivity index (χ2n) is 5.08. The molecule has 2 unspecified atom stereocenters. The fourth-order valence-electron chi connectivity index (χ4n) is 2.61. The third-order valence-electron chi connectivity index (χ3n) is 3.58. The average Bonchev–Trinajstić information content (AvgIpc) is 2.39. The van der Waals surface area contributed by atoms with Crippen LogP contribution in [0.1, 0.15) is 38.3 Å². The second-order valence-corrected chi connectivity index (χ2v) is 5.08. The van der Waals surface area contributed by atoms with Crippen molar-refractivity contribution < 1.29 is 9.84 Å². The van der Waals surface area contributed by atoms with Crippen LogP contribution in [0.5, 0.6) is 5.88 Å². The van der Waals surface area contributed by atoms with Crippen LogP contribution in [0.3, 0.4) is 0 Å². The van der Waals surface area contributed by atoms with Crippen LogP contribution in [0.2, 0.25) is 0 Å². The van der Waals surface area contributed by atoms with Crippen LogP contribution < -0.4 is 10.1 Å². The number of aliphatic hydroxyl groups is 1. The summed E-state index contributed by atoms with van der Waals surface area (Å²) in [6.07, 6.45) is 4.52. The molecule has 0 amide bonds. The van der Waals surface area contributed by atoms with Gasteiger partial charge in [0.25, 0.3) is 0 Å². The Balaban J connectivity index is 2.08. The number of aliphatic hydroxyl groups excluding tert-OH is 1. The van der Waals surface area contributed by atoms with Crippen molar-refractivity contribution >= 4 is 5.95 Å². The highest BCUT2D eigenvalue weighted by Gasteiger charge is 2.25. The van der Waals surface area contributed by atoms with Crippen molar-refractivity contribution in [1.29, 1.82) is 0 Å². The molecule has 0 saturated heterocycles. The molecule has 1 aliphatic carbocycles. The number of hydrogen-bond donors (Lipinski definition) is 2. The van der Waals surface area contributed by atoms with E-state index in [0.717, 1.165) is 18.5 Å². The molecule has 2 rings (SSSR count). The zero-order chi connectivity index (χ0) is 13.7. The minimum absolute atomic E-state index is 0.224. The maximum atomic E-state index is 9.43. The maximum Gasteiger partial charge on any atom is 0.226 e. The highest BCUT2D eigenvalue weighted by atomic mass is 16.5. The molecule has 1 aromatic rings. The normalized spacial score (nSPS) is 23.1. The minimum Gasteiger partial charge on any atom is -0.478 e. The van der Waals surface area contributed by atoms with Crippen molar-refractivity contribution in [3.63, 3.8) is 0 Å². The fraction of sp³-hybridized carbons (Fsp3) is 0.714. The Morgan fingerprint density at radius 1 is 1.37 bits per heavy atom. The van der Waals surface area contributed by atoms with Crippen LogP contribution >= 0.6 is 0 Å². The summed E-state index contributed by atoms with van der Waals surface area (Å²) in [5.41, 5.74) is 0.886. The summed E-state index contributed by atoms with van der Waals surface area (Å²) in [6, 6.07) is 2.09. The van der Waals surface area contributed by atoms with Crippen molar-refractivity contribution in [3.8, 4) is 5.88 Å². The van der Waals surface area contributed by atoms with Gasteiger partial charge in [-0.1, -0.05) is 12.8 Å². The third-order valence-corrected chi connectivity index (χ3v) is 3.58. The number of aromatic nitrogens is 2. The van der Waals surface area contributed by atoms with E-state index in [2.05, 4.69) is 15.3 Å². The molecule has 2 atom stereocenters. The van der Waals surface area contributed by atoms with Gasteiger partial charge in [0.05, 0.1) is 6.61 Å². The molecule has 5 heteroatoms. The number of aryl methyl sites for hydroxylation is 1. The van der Waals surface area contributed by atoms with Crippen molar-refractivity contribution in [2.45, 2.75) is 45.6 Å². The van der Waals surface area contributed by atoms with Gasteiger partial charge in [0.2, 0.25) is 11.8 Å². The van der Waals surface area contributed by atoms with Gasteiger partial charge in [-0.15, -0.1) is 0 Å². The summed E-state index contributed by atoms with van der Waals surface area (Å²) in [5.74, 6) is 1.51. The number of nitrogens with zero attached hydrogens (tertiary/aromatic N) is 2. The van der Waals surface area contributed by atoms with Crippen LogP contribution in [0, 0.1) is 12.8 Å². The van der Waals surface area contributed by atoms with Crippen molar-refractivity contribution in [1.82, 2.24) is 9.97 Å². The molecule has 0 radical (unpaired) electrons. The summed E-state index contributed by atoms with van der Waals surface area (Å²) in [7, 11) is 0. The van der Waals surface area contributed by atoms with Gasteiger partial charge >= 0.3 is 0 Å². The zero-order valence-electron chi connectivity index (χ0n) is 11.7. The van der Waals surface area contributed by atoms with Crippen LogP contribution in [0.4, 0.5) is 5.95 Å². The highest BCUT2D eigenvalue weighted by molar-refractivity contribution is 5.32. The third kappa shape index (κ3) is 3.80. The molecule has 1 aliphatic rings. The number of nitrogens with one attached hydrogen (secondary N) is 1. The van der Waals surface area contributed by atoms with E-state index in [0.29, 0.717) is 24.4 Å². The highest BCUT2D eigenvalue weighted by Crippen LogP contribution is 2.26. The second kappa shape index (κ2) is 6.70. The molecular weight excluding hydrogens is 242 g/mol. The standard InChI is InChI=1S/C14H23N3O2/c1-3-19-13-8-10(2)15-14(17-13)16-12-7-5-4-6-11(12)9-18/h8,11-12,18H,3-7,9H2,1-2H3,(H,15,16,17). The average molecular weight is 265 g/mol. The summed E-state index contributed by atoms with van der Waals surface area (Å²) < 4.78 is 5.43. The first-order valence-electron chi connectivity index (χ1n) is 7.08. The van der Waals surface area contributed by atoms with Gasteiger partial charge in [-0.2, -0.15) is 4.98 Å². The van der Waals surface area contributed by atoms with E-state index in [1.165, 1.54) is 12.8 Å². The SMILES string of the molecule is CCOc1cc(C)nc(NC2CCCCC2CO)n1. The Labute approximate surface area is 114 Å². The van der Waals surface area contributed by atoms with Crippen LogP contribution in [0.15, 0.2) is 6.07 Å². The topological polar surface area (TPSA) is 67.3 Å². The maximum absolute atomic E-state index is 9.43. The first-order valence-corrected chi connectivity index (χ1v) is 7.08. The molecule has 0 spiro atoms. The molecule has 1 saturated carbocycles. The van der Waals surface area contributed by atoms with E-state index >= 15 is 0 Å². The predicted octanol–water partition coefficient (Wildman–Crippen LogP) is 2.15. The molecule has 0 bridgehead atoms. The van der Waals surface area contributed by atoms with Gasteiger partial charge in [-0.3, -0.25) is 0 Å². The van der Waals surface area contributed by atoms with E-state index in [4.69, 9.17) is 4.74 Å². The monoisotopic (exact) mass is 265 g/mol. The van der Waals surface area contributed by atoms with Gasteiger partial charge in [0.1, 0.15) is 0 Å². The number of anilines is 1. The van der Waals surface area contributed by atoms with E-state index < -0.39 is 0 Å². The molecule has 2 N–H and O–H groups in total. The molecule has 19 heavy (non-hydrogen) atoms. The van der Waals surface area contributed by atoms with Crippen molar-refractivity contribution in [3.05, 3.63) is 11.8 Å². The summed E-state index contributed by atoms with van der Waals surface area (Å²) >= 11 is 0. The molecule has 1 heterocycles. The van der Waals surface area contributed by atoms with Crippen LogP contribution in [-0.4, -0.2) is 34.3 Å². The minimum atomic E-state index is 0.224. The molecule has 1 fully saturated rings. The smallest absolute Gasteiger partial charge is 0.226 e. The van der Waals surface area contributed by atoms with Crippen molar-refractivity contribution in [2.24, 2.45) is 5.92 Å². The Bertz CT molecular complexity index is 412. The van der Waals surface area contributed by atoms with Crippen LogP contribution in [-0.2, 0) is 0 Å². The van der Waals surface area contributed by atoms with E-state index in [1.807, 2.05) is 19.9 Å². The lowest BCUT2D eigenvalue weighted by Gasteiger charge is -2.30. The zero-order valence-corrected chi connectivity index (χ0v) is 11.7. The molecule has 5 nitrogen and oxygen atoms in total. The lowest BCUT2D eigenvalue weighted by molar-refractivity contribution is 0.178. The van der Waals surface area contributed by atoms with Crippen LogP contribution in [0.25, 0.3) is 0 Å². The first-order chi connectivity index (χ1) is 9.22. The predicted molar refractivity (Wildman–Crippen MR) is 74.4 cm³/mol. The Kier molecular flexibility index (Phi) is 4.96. The molecule has 0 aliphatic heterocycles. The molecule has 0 aromatic carbocycles. The lowest BCUT2D eigenvalue weighted by atomic mass is 9.85. The Morgan fingerprint density at radius 2 is 2.16 bits per heavy atom. The van der Waals surface area contributed by atoms with E-state index in [-0.39, 0.29) is 12.6 Å². The van der Waals surface area contributed by atoms with Crippen molar-refractivity contribution in [2.75, 3.05) is 18.5 Å². The first kappa shape index (κ1) is 14.1. The summed E-state index contributed by atoms with van der Waals surface area (Å²) in [4.78, 5) is 8.76. The summed E-state index contributed by atoms with van der Waals surface area (Å²) in [6.45, 7) is 4.69. The largest absolute Gasteiger partial charge is 0.478 e. The number of hydrogen-bond acceptors (Lipinski definition) is 5. The molecule has 106 valence electrons. The van der Waals surface area contributed by atoms with Gasteiger partial charge in [0.15, 0.2) is 0 Å².